The van der Waals surface area contributed by atoms with E-state index < -0.39 is 12.0 Å². The normalized spacial score (nSPS) is 12.6. The van der Waals surface area contributed by atoms with Gasteiger partial charge in [0.1, 0.15) is 6.04 Å². The SMILES string of the molecule is CCc1cccc2c(C=O)cn([C@@H](C)C(=O)O)c12. The molecule has 0 amide bonds. The summed E-state index contributed by atoms with van der Waals surface area (Å²) in [6.45, 7) is 3.63. The van der Waals surface area contributed by atoms with Crippen LogP contribution in [0.1, 0.15) is 35.8 Å². The zero-order valence-electron chi connectivity index (χ0n) is 10.4. The highest BCUT2D eigenvalue weighted by molar-refractivity contribution is 5.99. The minimum Gasteiger partial charge on any atom is -0.480 e. The molecule has 1 heterocycles. The van der Waals surface area contributed by atoms with Crippen LogP contribution in [0.15, 0.2) is 24.4 Å². The molecule has 1 aromatic heterocycles. The van der Waals surface area contributed by atoms with Crippen LogP contribution in [0.3, 0.4) is 0 Å². The molecule has 0 aliphatic carbocycles. The molecule has 2 aromatic rings. The Hall–Kier alpha value is -2.10. The predicted octanol–water partition coefficient (Wildman–Crippen LogP) is 2.66. The summed E-state index contributed by atoms with van der Waals surface area (Å²) in [5, 5.41) is 9.95. The van der Waals surface area contributed by atoms with Gasteiger partial charge >= 0.3 is 5.97 Å². The zero-order valence-corrected chi connectivity index (χ0v) is 10.4. The molecule has 0 aliphatic heterocycles. The van der Waals surface area contributed by atoms with Gasteiger partial charge in [0.05, 0.1) is 5.52 Å². The molecule has 1 aromatic carbocycles. The van der Waals surface area contributed by atoms with Crippen LogP contribution in [-0.2, 0) is 11.2 Å². The number of fused-ring (bicyclic) bond motifs is 1. The predicted molar refractivity (Wildman–Crippen MR) is 69.1 cm³/mol. The Morgan fingerprint density at radius 1 is 1.50 bits per heavy atom. The van der Waals surface area contributed by atoms with Crippen LogP contribution in [0.4, 0.5) is 0 Å². The quantitative estimate of drug-likeness (QED) is 0.842. The number of carbonyl (C=O) groups excluding carboxylic acids is 1. The number of aromatic nitrogens is 1. The average Bonchev–Trinajstić information content (AvgIpc) is 2.76. The molecule has 18 heavy (non-hydrogen) atoms. The molecule has 0 unspecified atom stereocenters. The average molecular weight is 245 g/mol. The fourth-order valence-electron chi connectivity index (χ4n) is 2.22. The minimum atomic E-state index is -0.907. The number of aliphatic carboxylic acids is 1. The number of carboxylic acid groups (broad SMARTS) is 1. The van der Waals surface area contributed by atoms with E-state index in [-0.39, 0.29) is 0 Å². The second-order valence-corrected chi connectivity index (χ2v) is 4.29. The van der Waals surface area contributed by atoms with E-state index in [0.717, 1.165) is 29.2 Å². The number of hydrogen-bond acceptors (Lipinski definition) is 2. The first-order valence-corrected chi connectivity index (χ1v) is 5.90. The number of carboxylic acids is 1. The Morgan fingerprint density at radius 2 is 2.22 bits per heavy atom. The summed E-state index contributed by atoms with van der Waals surface area (Å²) in [7, 11) is 0. The smallest absolute Gasteiger partial charge is 0.326 e. The highest BCUT2D eigenvalue weighted by Gasteiger charge is 2.19. The van der Waals surface area contributed by atoms with Crippen molar-refractivity contribution in [2.45, 2.75) is 26.3 Å². The summed E-state index contributed by atoms with van der Waals surface area (Å²) in [5.41, 5.74) is 2.43. The van der Waals surface area contributed by atoms with E-state index >= 15 is 0 Å². The molecular weight excluding hydrogens is 230 g/mol. The van der Waals surface area contributed by atoms with Crippen LogP contribution in [0.25, 0.3) is 10.9 Å². The van der Waals surface area contributed by atoms with E-state index in [2.05, 4.69) is 0 Å². The lowest BCUT2D eigenvalue weighted by Gasteiger charge is -2.12. The third kappa shape index (κ3) is 1.79. The molecule has 0 saturated carbocycles. The lowest BCUT2D eigenvalue weighted by Crippen LogP contribution is -2.15. The first kappa shape index (κ1) is 12.4. The maximum atomic E-state index is 11.1. The summed E-state index contributed by atoms with van der Waals surface area (Å²) in [6.07, 6.45) is 3.19. The van der Waals surface area contributed by atoms with E-state index in [4.69, 9.17) is 5.11 Å². The summed E-state index contributed by atoms with van der Waals surface area (Å²) < 4.78 is 1.67. The number of nitrogens with zero attached hydrogens (tertiary/aromatic N) is 1. The van der Waals surface area contributed by atoms with Crippen molar-refractivity contribution in [3.05, 3.63) is 35.5 Å². The summed E-state index contributed by atoms with van der Waals surface area (Å²) in [4.78, 5) is 22.2. The van der Waals surface area contributed by atoms with E-state index in [1.54, 1.807) is 17.7 Å². The standard InChI is InChI=1S/C14H15NO3/c1-3-10-5-4-6-12-11(8-16)7-15(13(10)12)9(2)14(17)18/h4-9H,3H2,1-2H3,(H,17,18)/t9-/m0/s1. The van der Waals surface area contributed by atoms with E-state index in [1.165, 1.54) is 0 Å². The Bertz CT molecular complexity index is 613. The molecule has 2 rings (SSSR count). The van der Waals surface area contributed by atoms with Crippen LogP contribution >= 0.6 is 0 Å². The number of aryl methyl sites for hydroxylation is 1. The van der Waals surface area contributed by atoms with Crippen molar-refractivity contribution >= 4 is 23.2 Å². The highest BCUT2D eigenvalue weighted by Crippen LogP contribution is 2.27. The largest absolute Gasteiger partial charge is 0.480 e. The van der Waals surface area contributed by atoms with Gasteiger partial charge in [-0.3, -0.25) is 4.79 Å². The van der Waals surface area contributed by atoms with E-state index in [9.17, 15) is 9.59 Å². The number of rotatable bonds is 4. The minimum absolute atomic E-state index is 0.536. The molecule has 94 valence electrons. The van der Waals surface area contributed by atoms with Crippen molar-refractivity contribution in [3.8, 4) is 0 Å². The Kier molecular flexibility index (Phi) is 3.19. The lowest BCUT2D eigenvalue weighted by atomic mass is 10.1. The molecule has 0 bridgehead atoms. The second kappa shape index (κ2) is 4.64. The van der Waals surface area contributed by atoms with Gasteiger partial charge in [0.25, 0.3) is 0 Å². The molecule has 1 atom stereocenters. The molecular formula is C14H15NO3. The summed E-state index contributed by atoms with van der Waals surface area (Å²) in [5.74, 6) is -0.907. The first-order chi connectivity index (χ1) is 8.60. The van der Waals surface area contributed by atoms with Crippen LogP contribution in [-0.4, -0.2) is 21.9 Å². The van der Waals surface area contributed by atoms with E-state index in [0.29, 0.717) is 5.56 Å². The number of hydrogen-bond donors (Lipinski definition) is 1. The Balaban J connectivity index is 2.80. The Morgan fingerprint density at radius 3 is 2.78 bits per heavy atom. The third-order valence-corrected chi connectivity index (χ3v) is 3.25. The van der Waals surface area contributed by atoms with Gasteiger partial charge in [-0.15, -0.1) is 0 Å². The van der Waals surface area contributed by atoms with Gasteiger partial charge in [-0.1, -0.05) is 25.1 Å². The third-order valence-electron chi connectivity index (χ3n) is 3.25. The molecule has 1 N–H and O–H groups in total. The maximum Gasteiger partial charge on any atom is 0.326 e. The second-order valence-electron chi connectivity index (χ2n) is 4.29. The number of para-hydroxylation sites is 1. The van der Waals surface area contributed by atoms with E-state index in [1.807, 2.05) is 25.1 Å². The van der Waals surface area contributed by atoms with Crippen molar-refractivity contribution in [1.29, 1.82) is 0 Å². The Labute approximate surface area is 105 Å². The molecule has 0 radical (unpaired) electrons. The number of carbonyl (C=O) groups is 2. The molecule has 0 saturated heterocycles. The number of aldehydes is 1. The van der Waals surface area contributed by atoms with Crippen LogP contribution in [0.2, 0.25) is 0 Å². The topological polar surface area (TPSA) is 59.3 Å². The molecule has 4 nitrogen and oxygen atoms in total. The molecule has 0 aliphatic rings. The maximum absolute atomic E-state index is 11.1. The highest BCUT2D eigenvalue weighted by atomic mass is 16.4. The molecule has 0 fully saturated rings. The van der Waals surface area contributed by atoms with Crippen molar-refractivity contribution in [1.82, 2.24) is 4.57 Å². The summed E-state index contributed by atoms with van der Waals surface area (Å²) >= 11 is 0. The monoisotopic (exact) mass is 245 g/mol. The zero-order chi connectivity index (χ0) is 13.3. The van der Waals surface area contributed by atoms with Gasteiger partial charge in [-0.2, -0.15) is 0 Å². The van der Waals surface area contributed by atoms with Crippen LogP contribution in [0.5, 0.6) is 0 Å². The van der Waals surface area contributed by atoms with Gasteiger partial charge in [0.2, 0.25) is 0 Å². The van der Waals surface area contributed by atoms with Crippen LogP contribution in [0, 0.1) is 0 Å². The van der Waals surface area contributed by atoms with Gasteiger partial charge < -0.3 is 9.67 Å². The summed E-state index contributed by atoms with van der Waals surface area (Å²) in [6, 6.07) is 5.02. The fraction of sp³-hybridized carbons (Fsp3) is 0.286. The van der Waals surface area contributed by atoms with Gasteiger partial charge in [0.15, 0.2) is 6.29 Å². The van der Waals surface area contributed by atoms with Crippen molar-refractivity contribution in [2.24, 2.45) is 0 Å². The lowest BCUT2D eigenvalue weighted by molar-refractivity contribution is -0.140. The van der Waals surface area contributed by atoms with Gasteiger partial charge in [-0.25, -0.2) is 4.79 Å². The van der Waals surface area contributed by atoms with Gasteiger partial charge in [0, 0.05) is 17.1 Å². The first-order valence-electron chi connectivity index (χ1n) is 5.90. The van der Waals surface area contributed by atoms with Crippen molar-refractivity contribution < 1.29 is 14.7 Å². The molecule has 0 spiro atoms. The van der Waals surface area contributed by atoms with Gasteiger partial charge in [-0.05, 0) is 18.9 Å². The number of benzene rings is 1. The molecule has 4 heteroatoms. The van der Waals surface area contributed by atoms with Crippen molar-refractivity contribution in [3.63, 3.8) is 0 Å². The van der Waals surface area contributed by atoms with Crippen molar-refractivity contribution in [2.75, 3.05) is 0 Å². The van der Waals surface area contributed by atoms with Crippen LogP contribution < -0.4 is 0 Å². The fourth-order valence-corrected chi connectivity index (χ4v) is 2.22.